The van der Waals surface area contributed by atoms with Gasteiger partial charge in [-0.1, -0.05) is 41.5 Å². The minimum Gasteiger partial charge on any atom is -0.307 e. The molecule has 120 valence electrons. The van der Waals surface area contributed by atoms with Gasteiger partial charge >= 0.3 is 12.2 Å². The Hall–Kier alpha value is -0.360. The molecule has 0 aromatic rings. The van der Waals surface area contributed by atoms with Gasteiger partial charge in [0.25, 0.3) is 0 Å². The quantitative estimate of drug-likeness (QED) is 0.692. The Balaban J connectivity index is 3.23. The van der Waals surface area contributed by atoms with E-state index in [1.54, 1.807) is 27.7 Å². The van der Waals surface area contributed by atoms with Crippen LogP contribution >= 0.6 is 0 Å². The molecule has 2 atom stereocenters. The SMILES string of the molecule is CCC(C)(C)C1OC(F)(F)C(F)(F)OC1C(C)(C)CC. The molecule has 6 heteroatoms. The maximum Gasteiger partial charge on any atom is 0.448 e. The molecule has 1 rings (SSSR count). The molecule has 0 aromatic heterocycles. The fourth-order valence-electron chi connectivity index (χ4n) is 2.12. The molecule has 1 aliphatic heterocycles. The van der Waals surface area contributed by atoms with Gasteiger partial charge in [-0.15, -0.1) is 0 Å². The normalized spacial score (nSPS) is 30.3. The van der Waals surface area contributed by atoms with Crippen LogP contribution in [0.4, 0.5) is 17.6 Å². The molecule has 0 aliphatic carbocycles. The molecule has 0 amide bonds. The van der Waals surface area contributed by atoms with Crippen LogP contribution in [-0.4, -0.2) is 24.4 Å². The Morgan fingerprint density at radius 1 is 0.750 bits per heavy atom. The van der Waals surface area contributed by atoms with E-state index in [9.17, 15) is 17.6 Å². The first-order valence-corrected chi connectivity index (χ1v) is 6.92. The Bertz CT molecular complexity index is 319. The fraction of sp³-hybridized carbons (Fsp3) is 1.00. The monoisotopic (exact) mass is 300 g/mol. The van der Waals surface area contributed by atoms with E-state index in [2.05, 4.69) is 9.47 Å². The average Bonchev–Trinajstić information content (AvgIpc) is 2.31. The van der Waals surface area contributed by atoms with Crippen LogP contribution in [0.25, 0.3) is 0 Å². The lowest BCUT2D eigenvalue weighted by Crippen LogP contribution is -2.64. The van der Waals surface area contributed by atoms with Crippen molar-refractivity contribution in [1.82, 2.24) is 0 Å². The van der Waals surface area contributed by atoms with Gasteiger partial charge in [-0.3, -0.25) is 0 Å². The molecule has 0 aromatic carbocycles. The third-order valence-electron chi connectivity index (χ3n) is 4.53. The van der Waals surface area contributed by atoms with Crippen LogP contribution in [0.3, 0.4) is 0 Å². The van der Waals surface area contributed by atoms with Crippen LogP contribution < -0.4 is 0 Å². The Morgan fingerprint density at radius 2 is 1.00 bits per heavy atom. The van der Waals surface area contributed by atoms with Gasteiger partial charge in [-0.2, -0.15) is 17.6 Å². The molecule has 2 nitrogen and oxygen atoms in total. The molecular formula is C14H24F4O2. The number of ether oxygens (including phenoxy) is 2. The summed E-state index contributed by atoms with van der Waals surface area (Å²) in [5.41, 5.74) is -1.39. The van der Waals surface area contributed by atoms with E-state index in [-0.39, 0.29) is 0 Å². The highest BCUT2D eigenvalue weighted by Crippen LogP contribution is 2.51. The van der Waals surface area contributed by atoms with Gasteiger partial charge in [0.15, 0.2) is 0 Å². The lowest BCUT2D eigenvalue weighted by atomic mass is 9.71. The minimum absolute atomic E-state index is 0.513. The topological polar surface area (TPSA) is 18.5 Å². The van der Waals surface area contributed by atoms with Crippen LogP contribution in [0, 0.1) is 10.8 Å². The zero-order valence-corrected chi connectivity index (χ0v) is 12.9. The van der Waals surface area contributed by atoms with Crippen LogP contribution in [0.15, 0.2) is 0 Å². The number of hydrogen-bond donors (Lipinski definition) is 0. The van der Waals surface area contributed by atoms with Gasteiger partial charge in [0, 0.05) is 0 Å². The minimum atomic E-state index is -4.61. The second-order valence-corrected chi connectivity index (χ2v) is 6.79. The molecule has 0 radical (unpaired) electrons. The van der Waals surface area contributed by atoms with Crippen molar-refractivity contribution in [1.29, 1.82) is 0 Å². The van der Waals surface area contributed by atoms with Crippen molar-refractivity contribution in [3.8, 4) is 0 Å². The van der Waals surface area contributed by atoms with Crippen molar-refractivity contribution in [2.24, 2.45) is 10.8 Å². The van der Waals surface area contributed by atoms with Crippen molar-refractivity contribution >= 4 is 0 Å². The molecular weight excluding hydrogens is 276 g/mol. The van der Waals surface area contributed by atoms with Gasteiger partial charge in [0.05, 0.1) is 12.2 Å². The molecule has 1 heterocycles. The molecule has 0 bridgehead atoms. The highest BCUT2D eigenvalue weighted by Gasteiger charge is 2.69. The van der Waals surface area contributed by atoms with E-state index in [0.717, 1.165) is 0 Å². The highest BCUT2D eigenvalue weighted by molar-refractivity contribution is 4.97. The van der Waals surface area contributed by atoms with Gasteiger partial charge in [0.1, 0.15) is 0 Å². The first-order valence-electron chi connectivity index (χ1n) is 6.92. The van der Waals surface area contributed by atoms with Crippen LogP contribution in [0.5, 0.6) is 0 Å². The predicted molar refractivity (Wildman–Crippen MR) is 67.8 cm³/mol. The smallest absolute Gasteiger partial charge is 0.307 e. The average molecular weight is 300 g/mol. The van der Waals surface area contributed by atoms with E-state index in [0.29, 0.717) is 12.8 Å². The van der Waals surface area contributed by atoms with Crippen molar-refractivity contribution in [3.05, 3.63) is 0 Å². The van der Waals surface area contributed by atoms with E-state index < -0.39 is 35.3 Å². The number of rotatable bonds is 4. The lowest BCUT2D eigenvalue weighted by molar-refractivity contribution is -0.503. The highest BCUT2D eigenvalue weighted by atomic mass is 19.3. The molecule has 20 heavy (non-hydrogen) atoms. The van der Waals surface area contributed by atoms with Gasteiger partial charge in [-0.25, -0.2) is 0 Å². The molecule has 0 saturated carbocycles. The van der Waals surface area contributed by atoms with E-state index in [1.165, 1.54) is 0 Å². The second-order valence-electron chi connectivity index (χ2n) is 6.79. The summed E-state index contributed by atoms with van der Waals surface area (Å²) in [5, 5.41) is 0. The summed E-state index contributed by atoms with van der Waals surface area (Å²) in [6.07, 6.45) is -10.4. The molecule has 1 saturated heterocycles. The summed E-state index contributed by atoms with van der Waals surface area (Å²) in [6, 6.07) is 0. The summed E-state index contributed by atoms with van der Waals surface area (Å²) >= 11 is 0. The molecule has 0 spiro atoms. The Morgan fingerprint density at radius 3 is 1.20 bits per heavy atom. The zero-order chi connectivity index (χ0) is 16.0. The largest absolute Gasteiger partial charge is 0.448 e. The van der Waals surface area contributed by atoms with E-state index in [4.69, 9.17) is 0 Å². The maximum atomic E-state index is 13.5. The third-order valence-corrected chi connectivity index (χ3v) is 4.53. The van der Waals surface area contributed by atoms with Gasteiger partial charge in [0.2, 0.25) is 0 Å². The number of halogens is 4. The zero-order valence-electron chi connectivity index (χ0n) is 12.9. The van der Waals surface area contributed by atoms with Crippen LogP contribution in [0.2, 0.25) is 0 Å². The lowest BCUT2D eigenvalue weighted by Gasteiger charge is -2.51. The molecule has 2 unspecified atom stereocenters. The summed E-state index contributed by atoms with van der Waals surface area (Å²) < 4.78 is 62.9. The summed E-state index contributed by atoms with van der Waals surface area (Å²) in [7, 11) is 0. The predicted octanol–water partition coefficient (Wildman–Crippen LogP) is 4.83. The van der Waals surface area contributed by atoms with Gasteiger partial charge in [-0.05, 0) is 23.7 Å². The number of hydrogen-bond acceptors (Lipinski definition) is 2. The van der Waals surface area contributed by atoms with Crippen LogP contribution in [0.1, 0.15) is 54.4 Å². The molecule has 1 aliphatic rings. The van der Waals surface area contributed by atoms with E-state index >= 15 is 0 Å². The number of alkyl halides is 4. The third kappa shape index (κ3) is 2.96. The maximum absolute atomic E-state index is 13.5. The standard InChI is InChI=1S/C14H24F4O2/c1-7-11(3,4)9-10(12(5,6)8-2)20-14(17,18)13(15,16)19-9/h9-10H,7-8H2,1-6H3. The first kappa shape index (κ1) is 17.7. The van der Waals surface area contributed by atoms with Crippen molar-refractivity contribution in [3.63, 3.8) is 0 Å². The van der Waals surface area contributed by atoms with Crippen LogP contribution in [-0.2, 0) is 9.47 Å². The van der Waals surface area contributed by atoms with Crippen molar-refractivity contribution in [2.45, 2.75) is 78.8 Å². The Kier molecular flexibility index (Phi) is 4.53. The second kappa shape index (κ2) is 5.13. The Labute approximate surface area is 117 Å². The summed E-state index contributed by atoms with van der Waals surface area (Å²) in [4.78, 5) is 0. The summed E-state index contributed by atoms with van der Waals surface area (Å²) in [5.74, 6) is 0. The fourth-order valence-corrected chi connectivity index (χ4v) is 2.12. The first-order chi connectivity index (χ1) is 8.81. The van der Waals surface area contributed by atoms with Crippen molar-refractivity contribution < 1.29 is 27.0 Å². The van der Waals surface area contributed by atoms with Crippen molar-refractivity contribution in [2.75, 3.05) is 0 Å². The summed E-state index contributed by atoms with van der Waals surface area (Å²) in [6.45, 7) is 10.5. The van der Waals surface area contributed by atoms with Gasteiger partial charge < -0.3 is 9.47 Å². The van der Waals surface area contributed by atoms with E-state index in [1.807, 2.05) is 13.8 Å². The molecule has 0 N–H and O–H groups in total. The molecule has 1 fully saturated rings.